The minimum atomic E-state index is 0.468. The first-order chi connectivity index (χ1) is 9.17. The molecule has 0 radical (unpaired) electrons. The molecule has 1 aromatic rings. The van der Waals surface area contributed by atoms with E-state index in [1.54, 1.807) is 0 Å². The minimum absolute atomic E-state index is 0.468. The van der Waals surface area contributed by atoms with Crippen LogP contribution >= 0.6 is 11.6 Å². The molecule has 0 saturated heterocycles. The summed E-state index contributed by atoms with van der Waals surface area (Å²) < 4.78 is 0. The highest BCUT2D eigenvalue weighted by Crippen LogP contribution is 2.15. The lowest BCUT2D eigenvalue weighted by Gasteiger charge is -2.27. The molecular formula is C16H27ClN2. The first-order valence-corrected chi connectivity index (χ1v) is 7.70. The van der Waals surface area contributed by atoms with E-state index in [4.69, 9.17) is 17.3 Å². The predicted octanol–water partition coefficient (Wildman–Crippen LogP) is 4.07. The van der Waals surface area contributed by atoms with Crippen LogP contribution < -0.4 is 5.73 Å². The molecule has 2 N–H and O–H groups in total. The molecule has 19 heavy (non-hydrogen) atoms. The zero-order valence-electron chi connectivity index (χ0n) is 12.2. The summed E-state index contributed by atoms with van der Waals surface area (Å²) in [6.45, 7) is 3.88. The number of hydrogen-bond acceptors (Lipinski definition) is 2. The van der Waals surface area contributed by atoms with Crippen molar-refractivity contribution in [1.82, 2.24) is 4.90 Å². The largest absolute Gasteiger partial charge is 0.329 e. The van der Waals surface area contributed by atoms with E-state index >= 15 is 0 Å². The molecule has 0 amide bonds. The molecule has 1 rings (SSSR count). The summed E-state index contributed by atoms with van der Waals surface area (Å²) in [5.41, 5.74) is 7.16. The Balaban J connectivity index is 2.42. The van der Waals surface area contributed by atoms with Crippen molar-refractivity contribution in [2.24, 2.45) is 5.73 Å². The Bertz CT molecular complexity index is 354. The molecule has 2 nitrogen and oxygen atoms in total. The van der Waals surface area contributed by atoms with Crippen molar-refractivity contribution in [2.45, 2.75) is 51.6 Å². The molecule has 0 aliphatic heterocycles. The van der Waals surface area contributed by atoms with Gasteiger partial charge in [0.25, 0.3) is 0 Å². The van der Waals surface area contributed by atoms with Crippen molar-refractivity contribution in [2.75, 3.05) is 13.6 Å². The second-order valence-electron chi connectivity index (χ2n) is 5.28. The maximum Gasteiger partial charge on any atom is 0.0409 e. The summed E-state index contributed by atoms with van der Waals surface area (Å²) in [6.07, 6.45) is 6.39. The van der Waals surface area contributed by atoms with Crippen LogP contribution in [-0.4, -0.2) is 24.5 Å². The van der Waals surface area contributed by atoms with Gasteiger partial charge in [0.1, 0.15) is 0 Å². The first-order valence-electron chi connectivity index (χ1n) is 7.32. The third-order valence-electron chi connectivity index (χ3n) is 3.61. The fourth-order valence-corrected chi connectivity index (χ4v) is 2.59. The van der Waals surface area contributed by atoms with Crippen molar-refractivity contribution in [3.63, 3.8) is 0 Å². The number of halogens is 1. The monoisotopic (exact) mass is 282 g/mol. The van der Waals surface area contributed by atoms with E-state index < -0.39 is 0 Å². The van der Waals surface area contributed by atoms with E-state index in [1.165, 1.54) is 37.7 Å². The minimum Gasteiger partial charge on any atom is -0.329 e. The number of nitrogens with two attached hydrogens (primary N) is 1. The molecule has 0 aliphatic carbocycles. The number of unbranched alkanes of at least 4 members (excludes halogenated alkanes) is 3. The molecular weight excluding hydrogens is 256 g/mol. The SMILES string of the molecule is CCCCCCC(CN)N(C)Cc1cccc(Cl)c1. The lowest BCUT2D eigenvalue weighted by molar-refractivity contribution is 0.222. The van der Waals surface area contributed by atoms with Crippen LogP contribution in [0.2, 0.25) is 5.02 Å². The van der Waals surface area contributed by atoms with Gasteiger partial charge in [0, 0.05) is 24.2 Å². The maximum atomic E-state index is 6.02. The van der Waals surface area contributed by atoms with Gasteiger partial charge in [-0.25, -0.2) is 0 Å². The Morgan fingerprint density at radius 2 is 2.05 bits per heavy atom. The van der Waals surface area contributed by atoms with Gasteiger partial charge in [-0.3, -0.25) is 4.90 Å². The molecule has 0 spiro atoms. The van der Waals surface area contributed by atoms with Gasteiger partial charge < -0.3 is 5.73 Å². The Hall–Kier alpha value is -0.570. The van der Waals surface area contributed by atoms with Crippen LogP contribution in [0.15, 0.2) is 24.3 Å². The third-order valence-corrected chi connectivity index (χ3v) is 3.84. The van der Waals surface area contributed by atoms with Gasteiger partial charge in [-0.1, -0.05) is 56.3 Å². The summed E-state index contributed by atoms with van der Waals surface area (Å²) in [4.78, 5) is 2.34. The lowest BCUT2D eigenvalue weighted by Crippen LogP contribution is -2.37. The topological polar surface area (TPSA) is 29.3 Å². The van der Waals surface area contributed by atoms with Gasteiger partial charge in [0.15, 0.2) is 0 Å². The van der Waals surface area contributed by atoms with E-state index in [1.807, 2.05) is 18.2 Å². The average Bonchev–Trinajstić information content (AvgIpc) is 2.38. The molecule has 0 bridgehead atoms. The summed E-state index contributed by atoms with van der Waals surface area (Å²) in [5.74, 6) is 0. The van der Waals surface area contributed by atoms with Crippen LogP contribution in [0.4, 0.5) is 0 Å². The number of hydrogen-bond donors (Lipinski definition) is 1. The number of benzene rings is 1. The van der Waals surface area contributed by atoms with Crippen molar-refractivity contribution >= 4 is 11.6 Å². The zero-order chi connectivity index (χ0) is 14.1. The van der Waals surface area contributed by atoms with Crippen molar-refractivity contribution in [3.05, 3.63) is 34.9 Å². The van der Waals surface area contributed by atoms with E-state index in [0.717, 1.165) is 18.1 Å². The van der Waals surface area contributed by atoms with E-state index in [-0.39, 0.29) is 0 Å². The number of nitrogens with zero attached hydrogens (tertiary/aromatic N) is 1. The van der Waals surface area contributed by atoms with Crippen molar-refractivity contribution in [1.29, 1.82) is 0 Å². The van der Waals surface area contributed by atoms with Crippen molar-refractivity contribution in [3.8, 4) is 0 Å². The molecule has 108 valence electrons. The van der Waals surface area contributed by atoms with Crippen LogP contribution in [-0.2, 0) is 6.54 Å². The highest BCUT2D eigenvalue weighted by Gasteiger charge is 2.13. The summed E-state index contributed by atoms with van der Waals surface area (Å²) in [5, 5.41) is 0.804. The molecule has 1 atom stereocenters. The number of rotatable bonds is 9. The lowest BCUT2D eigenvalue weighted by atomic mass is 10.1. The zero-order valence-corrected chi connectivity index (χ0v) is 13.0. The molecule has 0 fully saturated rings. The molecule has 1 unspecified atom stereocenters. The quantitative estimate of drug-likeness (QED) is 0.692. The summed E-state index contributed by atoms with van der Waals surface area (Å²) in [7, 11) is 2.15. The van der Waals surface area contributed by atoms with Gasteiger partial charge in [-0.2, -0.15) is 0 Å². The first kappa shape index (κ1) is 16.5. The Labute approximate surface area is 122 Å². The van der Waals surface area contributed by atoms with Crippen LogP contribution in [0.1, 0.15) is 44.6 Å². The fraction of sp³-hybridized carbons (Fsp3) is 0.625. The average molecular weight is 283 g/mol. The normalized spacial score (nSPS) is 12.9. The second kappa shape index (κ2) is 9.35. The van der Waals surface area contributed by atoms with Crippen molar-refractivity contribution < 1.29 is 0 Å². The predicted molar refractivity (Wildman–Crippen MR) is 84.5 cm³/mol. The molecule has 0 aliphatic rings. The van der Waals surface area contributed by atoms with Gasteiger partial charge in [-0.05, 0) is 31.2 Å². The van der Waals surface area contributed by atoms with Crippen LogP contribution in [0.25, 0.3) is 0 Å². The second-order valence-corrected chi connectivity index (χ2v) is 5.72. The van der Waals surface area contributed by atoms with Gasteiger partial charge in [0.05, 0.1) is 0 Å². The Morgan fingerprint density at radius 1 is 1.26 bits per heavy atom. The molecule has 1 aromatic carbocycles. The Kier molecular flexibility index (Phi) is 8.11. The van der Waals surface area contributed by atoms with Crippen LogP contribution in [0, 0.1) is 0 Å². The number of likely N-dealkylation sites (N-methyl/N-ethyl adjacent to an activating group) is 1. The summed E-state index contributed by atoms with van der Waals surface area (Å²) in [6, 6.07) is 8.53. The molecule has 0 aromatic heterocycles. The fourth-order valence-electron chi connectivity index (χ4n) is 2.38. The highest BCUT2D eigenvalue weighted by atomic mass is 35.5. The van der Waals surface area contributed by atoms with E-state index in [9.17, 15) is 0 Å². The molecule has 0 saturated carbocycles. The standard InChI is InChI=1S/C16H27ClN2/c1-3-4-5-6-10-16(12-18)19(2)13-14-8-7-9-15(17)11-14/h7-9,11,16H,3-6,10,12-13,18H2,1-2H3. The van der Waals surface area contributed by atoms with Gasteiger partial charge >= 0.3 is 0 Å². The third kappa shape index (κ3) is 6.42. The van der Waals surface area contributed by atoms with Gasteiger partial charge in [-0.15, -0.1) is 0 Å². The smallest absolute Gasteiger partial charge is 0.0409 e. The van der Waals surface area contributed by atoms with Crippen LogP contribution in [0.5, 0.6) is 0 Å². The highest BCUT2D eigenvalue weighted by molar-refractivity contribution is 6.30. The Morgan fingerprint density at radius 3 is 2.68 bits per heavy atom. The van der Waals surface area contributed by atoms with E-state index in [2.05, 4.69) is 24.9 Å². The molecule has 0 heterocycles. The van der Waals surface area contributed by atoms with E-state index in [0.29, 0.717) is 6.04 Å². The van der Waals surface area contributed by atoms with Crippen LogP contribution in [0.3, 0.4) is 0 Å². The summed E-state index contributed by atoms with van der Waals surface area (Å²) >= 11 is 6.02. The van der Waals surface area contributed by atoms with Gasteiger partial charge in [0.2, 0.25) is 0 Å². The molecule has 3 heteroatoms. The maximum absolute atomic E-state index is 6.02.